The zero-order valence-electron chi connectivity index (χ0n) is 15.6. The topological polar surface area (TPSA) is 71.1 Å². The molecular weight excluding hydrogens is 348 g/mol. The molecule has 140 valence electrons. The van der Waals surface area contributed by atoms with E-state index in [1.807, 2.05) is 0 Å². The van der Waals surface area contributed by atoms with Crippen LogP contribution in [0.25, 0.3) is 6.08 Å². The largest absolute Gasteiger partial charge is 0.497 e. The van der Waals surface area contributed by atoms with Gasteiger partial charge >= 0.3 is 5.97 Å². The number of hydrogen-bond acceptors (Lipinski definition) is 6. The van der Waals surface area contributed by atoms with E-state index in [-0.39, 0.29) is 23.4 Å². The van der Waals surface area contributed by atoms with Crippen LogP contribution in [0, 0.1) is 5.92 Å². The third-order valence-corrected chi connectivity index (χ3v) is 4.05. The van der Waals surface area contributed by atoms with Gasteiger partial charge in [0.25, 0.3) is 0 Å². The van der Waals surface area contributed by atoms with Gasteiger partial charge in [0.05, 0.1) is 25.7 Å². The molecule has 0 unspecified atom stereocenters. The molecule has 6 heteroatoms. The maximum Gasteiger partial charge on any atom is 0.313 e. The minimum atomic E-state index is -0.351. The van der Waals surface area contributed by atoms with Gasteiger partial charge in [0, 0.05) is 11.6 Å². The number of benzene rings is 2. The fourth-order valence-corrected chi connectivity index (χ4v) is 2.56. The van der Waals surface area contributed by atoms with E-state index in [9.17, 15) is 9.59 Å². The lowest BCUT2D eigenvalue weighted by Crippen LogP contribution is -2.14. The lowest BCUT2D eigenvalue weighted by atomic mass is 10.1. The predicted octanol–water partition coefficient (Wildman–Crippen LogP) is 3.88. The minimum Gasteiger partial charge on any atom is -0.497 e. The first-order chi connectivity index (χ1) is 12.9. The summed E-state index contributed by atoms with van der Waals surface area (Å²) in [6.07, 6.45) is 1.60. The van der Waals surface area contributed by atoms with Crippen LogP contribution in [0.2, 0.25) is 0 Å². The summed E-state index contributed by atoms with van der Waals surface area (Å²) in [6.45, 7) is 3.50. The van der Waals surface area contributed by atoms with E-state index < -0.39 is 0 Å². The monoisotopic (exact) mass is 368 g/mol. The van der Waals surface area contributed by atoms with E-state index in [0.717, 1.165) is 0 Å². The molecule has 0 N–H and O–H groups in total. The molecule has 0 atom stereocenters. The van der Waals surface area contributed by atoms with Gasteiger partial charge in [-0.25, -0.2) is 0 Å². The molecule has 0 saturated carbocycles. The van der Waals surface area contributed by atoms with Crippen LogP contribution in [0.3, 0.4) is 0 Å². The number of carbonyl (C=O) groups excluding carboxylic acids is 2. The Balaban J connectivity index is 1.90. The van der Waals surface area contributed by atoms with Crippen molar-refractivity contribution < 1.29 is 28.5 Å². The van der Waals surface area contributed by atoms with Crippen molar-refractivity contribution in [2.24, 2.45) is 5.92 Å². The summed E-state index contributed by atoms with van der Waals surface area (Å²) >= 11 is 0. The van der Waals surface area contributed by atoms with Crippen molar-refractivity contribution in [3.63, 3.8) is 0 Å². The lowest BCUT2D eigenvalue weighted by molar-refractivity contribution is -0.137. The van der Waals surface area contributed by atoms with E-state index in [1.54, 1.807) is 64.5 Å². The molecule has 0 fully saturated rings. The Kier molecular flexibility index (Phi) is 5.16. The average molecular weight is 368 g/mol. The second-order valence-electron chi connectivity index (χ2n) is 6.28. The highest BCUT2D eigenvalue weighted by Gasteiger charge is 2.28. The molecule has 0 bridgehead atoms. The Morgan fingerprint density at radius 1 is 1.04 bits per heavy atom. The minimum absolute atomic E-state index is 0.156. The van der Waals surface area contributed by atoms with Crippen LogP contribution in [0.15, 0.2) is 42.2 Å². The molecule has 1 heterocycles. The van der Waals surface area contributed by atoms with Crippen LogP contribution in [-0.4, -0.2) is 26.0 Å². The van der Waals surface area contributed by atoms with Gasteiger partial charge in [-0.1, -0.05) is 13.8 Å². The average Bonchev–Trinajstić information content (AvgIpc) is 2.96. The molecule has 0 spiro atoms. The predicted molar refractivity (Wildman–Crippen MR) is 99.4 cm³/mol. The standard InChI is InChI=1S/C21H20O6/c1-12(2)21(23)26-15-5-7-16-18(11-15)27-19(20(16)22)10-13-9-14(24-3)6-8-17(13)25-4/h5-12H,1-4H3. The van der Waals surface area contributed by atoms with Gasteiger partial charge in [0.2, 0.25) is 5.78 Å². The van der Waals surface area contributed by atoms with Crippen LogP contribution in [0.5, 0.6) is 23.0 Å². The van der Waals surface area contributed by atoms with Crippen LogP contribution in [0.1, 0.15) is 29.8 Å². The number of fused-ring (bicyclic) bond motifs is 1. The number of methoxy groups -OCH3 is 2. The first-order valence-electron chi connectivity index (χ1n) is 8.45. The van der Waals surface area contributed by atoms with Gasteiger partial charge in [-0.3, -0.25) is 9.59 Å². The molecule has 0 amide bonds. The van der Waals surface area contributed by atoms with Gasteiger partial charge in [0.15, 0.2) is 5.76 Å². The number of ether oxygens (including phenoxy) is 4. The second kappa shape index (κ2) is 7.53. The van der Waals surface area contributed by atoms with Crippen molar-refractivity contribution in [1.82, 2.24) is 0 Å². The molecule has 2 aromatic rings. The fourth-order valence-electron chi connectivity index (χ4n) is 2.56. The summed E-state index contributed by atoms with van der Waals surface area (Å²) in [5.41, 5.74) is 1.06. The molecule has 1 aliphatic rings. The van der Waals surface area contributed by atoms with Crippen molar-refractivity contribution >= 4 is 17.8 Å². The zero-order chi connectivity index (χ0) is 19.6. The molecule has 1 aliphatic heterocycles. The Morgan fingerprint density at radius 2 is 1.78 bits per heavy atom. The summed E-state index contributed by atoms with van der Waals surface area (Å²) in [4.78, 5) is 24.4. The third kappa shape index (κ3) is 3.79. The van der Waals surface area contributed by atoms with E-state index in [1.165, 1.54) is 6.07 Å². The van der Waals surface area contributed by atoms with E-state index in [2.05, 4.69) is 0 Å². The molecule has 27 heavy (non-hydrogen) atoms. The van der Waals surface area contributed by atoms with Crippen molar-refractivity contribution in [3.05, 3.63) is 53.3 Å². The fraction of sp³-hybridized carbons (Fsp3) is 0.238. The van der Waals surface area contributed by atoms with Gasteiger partial charge in [-0.2, -0.15) is 0 Å². The van der Waals surface area contributed by atoms with Crippen molar-refractivity contribution in [2.75, 3.05) is 14.2 Å². The van der Waals surface area contributed by atoms with Crippen LogP contribution < -0.4 is 18.9 Å². The molecule has 0 radical (unpaired) electrons. The number of rotatable bonds is 5. The van der Waals surface area contributed by atoms with Crippen molar-refractivity contribution in [1.29, 1.82) is 0 Å². The Labute approximate surface area is 157 Å². The first-order valence-corrected chi connectivity index (χ1v) is 8.45. The van der Waals surface area contributed by atoms with Crippen LogP contribution in [-0.2, 0) is 4.79 Å². The lowest BCUT2D eigenvalue weighted by Gasteiger charge is -2.08. The smallest absolute Gasteiger partial charge is 0.313 e. The molecule has 3 rings (SSSR count). The zero-order valence-corrected chi connectivity index (χ0v) is 15.6. The maximum atomic E-state index is 12.6. The van der Waals surface area contributed by atoms with Crippen molar-refractivity contribution in [3.8, 4) is 23.0 Å². The summed E-state index contributed by atoms with van der Waals surface area (Å²) in [6, 6.07) is 9.97. The number of Topliss-reactive ketones (excluding diaryl/α,β-unsaturated/α-hetero) is 1. The molecular formula is C21H20O6. The van der Waals surface area contributed by atoms with Gasteiger partial charge in [0.1, 0.15) is 23.0 Å². The summed E-state index contributed by atoms with van der Waals surface area (Å²) in [5, 5.41) is 0. The molecule has 0 aliphatic carbocycles. The Bertz CT molecular complexity index is 926. The highest BCUT2D eigenvalue weighted by atomic mass is 16.5. The SMILES string of the molecule is COc1ccc(OC)c(C=C2Oc3cc(OC(=O)C(C)C)ccc3C2=O)c1. The maximum absolute atomic E-state index is 12.6. The highest BCUT2D eigenvalue weighted by molar-refractivity contribution is 6.14. The first kappa shape index (κ1) is 18.5. The number of esters is 1. The van der Waals surface area contributed by atoms with E-state index >= 15 is 0 Å². The molecule has 6 nitrogen and oxygen atoms in total. The molecule has 2 aromatic carbocycles. The quantitative estimate of drug-likeness (QED) is 0.453. The Morgan fingerprint density at radius 3 is 2.44 bits per heavy atom. The molecule has 0 aromatic heterocycles. The summed E-state index contributed by atoms with van der Waals surface area (Å²) < 4.78 is 21.5. The summed E-state index contributed by atoms with van der Waals surface area (Å²) in [7, 11) is 3.11. The Hall–Kier alpha value is -3.28. The van der Waals surface area contributed by atoms with E-state index in [4.69, 9.17) is 18.9 Å². The number of allylic oxidation sites excluding steroid dienone is 1. The number of ketones is 1. The van der Waals surface area contributed by atoms with E-state index in [0.29, 0.717) is 34.1 Å². The number of hydrogen-bond donors (Lipinski definition) is 0. The normalized spacial score (nSPS) is 14.1. The van der Waals surface area contributed by atoms with Crippen LogP contribution >= 0.6 is 0 Å². The third-order valence-electron chi connectivity index (χ3n) is 4.05. The summed E-state index contributed by atoms with van der Waals surface area (Å²) in [5.74, 6) is 1.20. The van der Waals surface area contributed by atoms with Gasteiger partial charge in [-0.15, -0.1) is 0 Å². The van der Waals surface area contributed by atoms with Gasteiger partial charge in [-0.05, 0) is 36.4 Å². The second-order valence-corrected chi connectivity index (χ2v) is 6.28. The highest BCUT2D eigenvalue weighted by Crippen LogP contribution is 2.36. The van der Waals surface area contributed by atoms with Gasteiger partial charge < -0.3 is 18.9 Å². The van der Waals surface area contributed by atoms with Crippen LogP contribution in [0.4, 0.5) is 0 Å². The number of carbonyl (C=O) groups is 2. The van der Waals surface area contributed by atoms with Crippen molar-refractivity contribution in [2.45, 2.75) is 13.8 Å². The molecule has 0 saturated heterocycles.